The summed E-state index contributed by atoms with van der Waals surface area (Å²) in [7, 11) is 0.500. The van der Waals surface area contributed by atoms with E-state index in [1.54, 1.807) is 0 Å². The van der Waals surface area contributed by atoms with Gasteiger partial charge in [-0.25, -0.2) is 0 Å². The Morgan fingerprint density at radius 2 is 1.65 bits per heavy atom. The van der Waals surface area contributed by atoms with Gasteiger partial charge in [0.2, 0.25) is 0 Å². The quantitative estimate of drug-likeness (QED) is 0.541. The van der Waals surface area contributed by atoms with Crippen LogP contribution in [0.25, 0.3) is 0 Å². The van der Waals surface area contributed by atoms with Crippen molar-refractivity contribution in [2.24, 2.45) is 5.73 Å². The number of benzene rings is 1. The molecule has 1 unspecified atom stereocenters. The minimum atomic E-state index is 0.209. The highest BCUT2D eigenvalue weighted by molar-refractivity contribution is 7.93. The summed E-state index contributed by atoms with van der Waals surface area (Å²) < 4.78 is 17.6. The van der Waals surface area contributed by atoms with Gasteiger partial charge in [-0.2, -0.15) is 0 Å². The van der Waals surface area contributed by atoms with Crippen LogP contribution in [-0.2, 0) is 0 Å². The number of alkyl halides is 1. The van der Waals surface area contributed by atoms with Crippen molar-refractivity contribution in [3.63, 3.8) is 0 Å². The van der Waals surface area contributed by atoms with E-state index < -0.39 is 0 Å². The summed E-state index contributed by atoms with van der Waals surface area (Å²) in [6.07, 6.45) is 3.30. The van der Waals surface area contributed by atoms with Crippen LogP contribution >= 0.6 is 12.0 Å². The lowest BCUT2D eigenvalue weighted by molar-refractivity contribution is 0.636. The van der Waals surface area contributed by atoms with E-state index in [9.17, 15) is 4.39 Å². The van der Waals surface area contributed by atoms with Crippen molar-refractivity contribution in [2.75, 3.05) is 12.9 Å². The molecule has 1 aromatic carbocycles. The lowest BCUT2D eigenvalue weighted by Crippen LogP contribution is -2.07. The van der Waals surface area contributed by atoms with Crippen molar-refractivity contribution in [1.82, 2.24) is 0 Å². The van der Waals surface area contributed by atoms with Gasteiger partial charge in [-0.3, -0.25) is 4.39 Å². The van der Waals surface area contributed by atoms with Gasteiger partial charge in [0.1, 0.15) is 0 Å². The van der Waals surface area contributed by atoms with Crippen LogP contribution in [0, 0.1) is 0 Å². The Bertz CT molecular complexity index is 243. The molecule has 0 aliphatic carbocycles. The first-order valence-corrected chi connectivity index (χ1v) is 8.15. The Kier molecular flexibility index (Phi) is 28.7. The van der Waals surface area contributed by atoms with E-state index in [0.29, 0.717) is 7.18 Å². The zero-order chi connectivity index (χ0) is 16.2. The highest BCUT2D eigenvalue weighted by atomic mass is 32.2. The Morgan fingerprint density at radius 1 is 1.15 bits per heavy atom. The molecular formula is C16H32FNOS. The Labute approximate surface area is 129 Å². The number of nitrogens with two attached hydrogens (primary N) is 1. The smallest absolute Gasteiger partial charge is 0.0785 e. The topological polar surface area (TPSA) is 46.2 Å². The molecular weight excluding hydrogens is 273 g/mol. The second kappa shape index (κ2) is 23.5. The van der Waals surface area contributed by atoms with E-state index in [1.165, 1.54) is 12.0 Å². The van der Waals surface area contributed by atoms with Crippen LogP contribution in [-0.4, -0.2) is 17.5 Å². The van der Waals surface area contributed by atoms with Gasteiger partial charge in [-0.05, 0) is 30.4 Å². The van der Waals surface area contributed by atoms with Gasteiger partial charge in [-0.15, -0.1) is 0 Å². The molecule has 0 aliphatic heterocycles. The summed E-state index contributed by atoms with van der Waals surface area (Å²) in [6.45, 7) is 8.20. The maximum absolute atomic E-state index is 9.50. The summed E-state index contributed by atoms with van der Waals surface area (Å²) in [4.78, 5) is 0. The zero-order valence-electron chi connectivity index (χ0n) is 13.6. The van der Waals surface area contributed by atoms with Gasteiger partial charge >= 0.3 is 0 Å². The fourth-order valence-electron chi connectivity index (χ4n) is 1.14. The van der Waals surface area contributed by atoms with Crippen molar-refractivity contribution < 1.29 is 8.94 Å². The Morgan fingerprint density at radius 3 is 1.95 bits per heavy atom. The van der Waals surface area contributed by atoms with Gasteiger partial charge in [0, 0.05) is 11.8 Å². The second-order valence-corrected chi connectivity index (χ2v) is 4.28. The van der Waals surface area contributed by atoms with Crippen LogP contribution in [0.1, 0.15) is 58.6 Å². The Hall–Kier alpha value is -0.580. The normalized spacial score (nSPS) is 9.80. The largest absolute Gasteiger partial charge is 0.330 e. The molecule has 120 valence electrons. The first-order chi connectivity index (χ1) is 9.76. The van der Waals surface area contributed by atoms with Gasteiger partial charge in [-0.1, -0.05) is 64.4 Å². The van der Waals surface area contributed by atoms with Crippen molar-refractivity contribution in [3.8, 4) is 0 Å². The summed E-state index contributed by atoms with van der Waals surface area (Å²) >= 11 is 0.926. The summed E-state index contributed by atoms with van der Waals surface area (Å²) in [5.41, 5.74) is 7.02. The predicted molar refractivity (Wildman–Crippen MR) is 92.0 cm³/mol. The molecule has 0 bridgehead atoms. The van der Waals surface area contributed by atoms with Gasteiger partial charge in [0.25, 0.3) is 0 Å². The van der Waals surface area contributed by atoms with Crippen molar-refractivity contribution >= 4 is 12.0 Å². The molecule has 1 aromatic rings. The molecule has 2 nitrogen and oxygen atoms in total. The van der Waals surface area contributed by atoms with E-state index in [4.69, 9.17) is 10.3 Å². The fraction of sp³-hybridized carbons (Fsp3) is 0.625. The third-order valence-corrected chi connectivity index (χ3v) is 2.73. The summed E-state index contributed by atoms with van der Waals surface area (Å²) in [5, 5.41) is 0. The third kappa shape index (κ3) is 17.4. The molecule has 0 radical (unpaired) electrons. The average molecular weight is 306 g/mol. The van der Waals surface area contributed by atoms with Crippen molar-refractivity contribution in [3.05, 3.63) is 35.9 Å². The molecule has 20 heavy (non-hydrogen) atoms. The first kappa shape index (κ1) is 24.4. The minimum absolute atomic E-state index is 0.209. The molecule has 0 spiro atoms. The molecule has 0 aromatic heterocycles. The number of rotatable bonds is 5. The van der Waals surface area contributed by atoms with Crippen LogP contribution in [0.15, 0.2) is 30.3 Å². The molecule has 0 saturated heterocycles. The Balaban J connectivity index is -0.000000250. The molecule has 0 saturated carbocycles. The SMILES string of the molecule is CC.CCC(N)c1ccccc1.CCCCSO.CF. The molecule has 3 N–H and O–H groups in total. The lowest BCUT2D eigenvalue weighted by atomic mass is 10.1. The van der Waals surface area contributed by atoms with E-state index in [-0.39, 0.29) is 6.04 Å². The van der Waals surface area contributed by atoms with E-state index in [0.717, 1.165) is 30.6 Å². The summed E-state index contributed by atoms with van der Waals surface area (Å²) in [6, 6.07) is 10.4. The van der Waals surface area contributed by atoms with E-state index in [2.05, 4.69) is 26.0 Å². The maximum Gasteiger partial charge on any atom is 0.0785 e. The van der Waals surface area contributed by atoms with Crippen LogP contribution in [0.5, 0.6) is 0 Å². The number of halogens is 1. The first-order valence-electron chi connectivity index (χ1n) is 7.20. The molecule has 1 rings (SSSR count). The minimum Gasteiger partial charge on any atom is -0.330 e. The maximum atomic E-state index is 9.50. The van der Waals surface area contributed by atoms with Gasteiger partial charge in [0.15, 0.2) is 0 Å². The zero-order valence-corrected chi connectivity index (χ0v) is 14.4. The average Bonchev–Trinajstić information content (AvgIpc) is 2.57. The van der Waals surface area contributed by atoms with Crippen molar-refractivity contribution in [2.45, 2.75) is 53.0 Å². The lowest BCUT2D eigenvalue weighted by Gasteiger charge is -2.06. The molecule has 1 atom stereocenters. The van der Waals surface area contributed by atoms with Crippen molar-refractivity contribution in [1.29, 1.82) is 0 Å². The highest BCUT2D eigenvalue weighted by Crippen LogP contribution is 2.11. The molecule has 0 fully saturated rings. The van der Waals surface area contributed by atoms with Crippen LogP contribution in [0.2, 0.25) is 0 Å². The second-order valence-electron chi connectivity index (χ2n) is 3.61. The summed E-state index contributed by atoms with van der Waals surface area (Å²) in [5.74, 6) is 0.885. The predicted octanol–water partition coefficient (Wildman–Crippen LogP) is 5.70. The van der Waals surface area contributed by atoms with Crippen LogP contribution in [0.4, 0.5) is 4.39 Å². The fourth-order valence-corrected chi connectivity index (χ4v) is 1.56. The molecule has 0 amide bonds. The molecule has 0 aliphatic rings. The molecule has 0 heterocycles. The van der Waals surface area contributed by atoms with E-state index >= 15 is 0 Å². The standard InChI is InChI=1S/C9H13N.C4H10OS.C2H6.CH3F/c1-2-9(10)8-6-4-3-5-7-8;1-2-3-4-6-5;2*1-2/h3-7,9H,2,10H2,1H3;5H,2-4H2,1H3;1-2H3;1H3. The van der Waals surface area contributed by atoms with Gasteiger partial charge < -0.3 is 10.3 Å². The van der Waals surface area contributed by atoms with Crippen LogP contribution in [0.3, 0.4) is 0 Å². The monoisotopic (exact) mass is 305 g/mol. The number of hydrogen-bond donors (Lipinski definition) is 2. The third-order valence-electron chi connectivity index (χ3n) is 2.26. The number of hydrogen-bond acceptors (Lipinski definition) is 3. The van der Waals surface area contributed by atoms with Gasteiger partial charge in [0.05, 0.1) is 7.18 Å². The van der Waals surface area contributed by atoms with Crippen LogP contribution < -0.4 is 5.73 Å². The molecule has 4 heteroatoms. The number of unbranched alkanes of at least 4 members (excludes halogenated alkanes) is 1. The highest BCUT2D eigenvalue weighted by Gasteiger charge is 1.99. The van der Waals surface area contributed by atoms with E-state index in [1.807, 2.05) is 32.0 Å².